The van der Waals surface area contributed by atoms with Crippen LogP contribution in [0.25, 0.3) is 11.4 Å². The molecule has 3 heterocycles. The van der Waals surface area contributed by atoms with Gasteiger partial charge in [0.15, 0.2) is 5.82 Å². The molecule has 1 aromatic carbocycles. The highest BCUT2D eigenvalue weighted by Gasteiger charge is 2.38. The van der Waals surface area contributed by atoms with Crippen molar-refractivity contribution >= 4 is 17.6 Å². The van der Waals surface area contributed by atoms with Gasteiger partial charge < -0.3 is 10.0 Å². The third-order valence-electron chi connectivity index (χ3n) is 4.83. The Labute approximate surface area is 170 Å². The van der Waals surface area contributed by atoms with Crippen molar-refractivity contribution < 1.29 is 31.4 Å². The summed E-state index contributed by atoms with van der Waals surface area (Å²) in [4.78, 5) is 1.93. The summed E-state index contributed by atoms with van der Waals surface area (Å²) >= 11 is 1.24. The molecule has 162 valence electrons. The molecule has 13 heteroatoms. The molecule has 4 rings (SSSR count). The highest BCUT2D eigenvalue weighted by molar-refractivity contribution is 7.99. The molecule has 0 radical (unpaired) electrons. The van der Waals surface area contributed by atoms with Crippen LogP contribution < -0.4 is 0 Å². The van der Waals surface area contributed by atoms with E-state index in [-0.39, 0.29) is 22.6 Å². The summed E-state index contributed by atoms with van der Waals surface area (Å²) in [5.74, 6) is 0.830. The molecule has 0 aliphatic carbocycles. The molecule has 1 N–H and O–H groups in total. The quantitative estimate of drug-likeness (QED) is 0.670. The molecule has 6 nitrogen and oxygen atoms in total. The van der Waals surface area contributed by atoms with Gasteiger partial charge in [0.25, 0.3) is 0 Å². The number of hydrogen-bond donors (Lipinski definition) is 1. The standard InChI is InChI=1S/C17H15F6N5OS/c18-16(19,20)10-5-9(6-11(7-10)17(21,22)23)14-24-25-15-28(14)26-13(8-30-15)27-3-1-12(29)2-4-27/h5-7,12,29H,1-4,8H2. The third kappa shape index (κ3) is 4.13. The van der Waals surface area contributed by atoms with Gasteiger partial charge in [-0.3, -0.25) is 0 Å². The number of aromatic nitrogens is 3. The Bertz CT molecular complexity index is 946. The maximum Gasteiger partial charge on any atom is 0.416 e. The Hall–Kier alpha value is -2.28. The lowest BCUT2D eigenvalue weighted by molar-refractivity contribution is -0.143. The van der Waals surface area contributed by atoms with Crippen LogP contribution in [0.2, 0.25) is 0 Å². The average Bonchev–Trinajstić information content (AvgIpc) is 3.10. The van der Waals surface area contributed by atoms with E-state index in [1.807, 2.05) is 4.90 Å². The van der Waals surface area contributed by atoms with Gasteiger partial charge >= 0.3 is 12.4 Å². The smallest absolute Gasteiger partial charge is 0.393 e. The number of nitrogens with zero attached hydrogens (tertiary/aromatic N) is 5. The first-order valence-electron chi connectivity index (χ1n) is 8.91. The van der Waals surface area contributed by atoms with Gasteiger partial charge in [0.2, 0.25) is 5.16 Å². The van der Waals surface area contributed by atoms with E-state index in [4.69, 9.17) is 0 Å². The summed E-state index contributed by atoms with van der Waals surface area (Å²) in [6.45, 7) is 1.10. The maximum atomic E-state index is 13.2. The number of rotatable bonds is 1. The molecular weight excluding hydrogens is 436 g/mol. The van der Waals surface area contributed by atoms with Gasteiger partial charge in [-0.1, -0.05) is 11.8 Å². The van der Waals surface area contributed by atoms with Crippen LogP contribution in [0.3, 0.4) is 0 Å². The lowest BCUT2D eigenvalue weighted by atomic mass is 10.0. The van der Waals surface area contributed by atoms with E-state index >= 15 is 0 Å². The fourth-order valence-electron chi connectivity index (χ4n) is 3.26. The highest BCUT2D eigenvalue weighted by Crippen LogP contribution is 2.39. The monoisotopic (exact) mass is 451 g/mol. The second-order valence-corrected chi connectivity index (χ2v) is 7.88. The average molecular weight is 451 g/mol. The Balaban J connectivity index is 1.76. The van der Waals surface area contributed by atoms with Crippen molar-refractivity contribution in [1.82, 2.24) is 19.8 Å². The van der Waals surface area contributed by atoms with Gasteiger partial charge in [-0.25, -0.2) is 0 Å². The fraction of sp³-hybridized carbons (Fsp3) is 0.471. The normalized spacial score (nSPS) is 18.4. The van der Waals surface area contributed by atoms with Gasteiger partial charge in [-0.2, -0.15) is 36.1 Å². The van der Waals surface area contributed by atoms with Crippen LogP contribution >= 0.6 is 11.8 Å². The molecule has 0 unspecified atom stereocenters. The van der Waals surface area contributed by atoms with Crippen molar-refractivity contribution in [3.63, 3.8) is 0 Å². The molecule has 2 aromatic rings. The number of fused-ring (bicyclic) bond motifs is 1. The van der Waals surface area contributed by atoms with Crippen molar-refractivity contribution in [2.75, 3.05) is 18.8 Å². The Morgan fingerprint density at radius 2 is 1.53 bits per heavy atom. The highest BCUT2D eigenvalue weighted by atomic mass is 32.2. The molecule has 0 amide bonds. The topological polar surface area (TPSA) is 66.5 Å². The van der Waals surface area contributed by atoms with E-state index < -0.39 is 29.6 Å². The molecule has 1 aromatic heterocycles. The first-order chi connectivity index (χ1) is 14.0. The van der Waals surface area contributed by atoms with Crippen molar-refractivity contribution in [1.29, 1.82) is 0 Å². The van der Waals surface area contributed by atoms with Crippen LogP contribution in [0.1, 0.15) is 24.0 Å². The van der Waals surface area contributed by atoms with E-state index in [1.54, 1.807) is 0 Å². The Morgan fingerprint density at radius 3 is 2.10 bits per heavy atom. The predicted octanol–water partition coefficient (Wildman–Crippen LogP) is 3.71. The number of alkyl halides is 6. The predicted molar refractivity (Wildman–Crippen MR) is 95.8 cm³/mol. The number of hydrogen-bond acceptors (Lipinski definition) is 6. The lowest BCUT2D eigenvalue weighted by Crippen LogP contribution is -2.42. The van der Waals surface area contributed by atoms with Crippen LogP contribution in [0, 0.1) is 0 Å². The van der Waals surface area contributed by atoms with Crippen molar-refractivity contribution in [3.8, 4) is 11.4 Å². The van der Waals surface area contributed by atoms with E-state index in [0.29, 0.717) is 49.7 Å². The zero-order valence-electron chi connectivity index (χ0n) is 15.2. The fourth-order valence-corrected chi connectivity index (χ4v) is 4.11. The number of thioether (sulfide) groups is 1. The molecule has 2 aliphatic rings. The number of amidine groups is 1. The van der Waals surface area contributed by atoms with Gasteiger partial charge in [0.05, 0.1) is 23.0 Å². The molecule has 0 saturated carbocycles. The van der Waals surface area contributed by atoms with Gasteiger partial charge in [-0.15, -0.1) is 10.2 Å². The minimum absolute atomic E-state index is 0.0689. The summed E-state index contributed by atoms with van der Waals surface area (Å²) < 4.78 is 80.3. The largest absolute Gasteiger partial charge is 0.416 e. The first kappa shape index (κ1) is 21.0. The molecule has 0 bridgehead atoms. The molecule has 1 saturated heterocycles. The SMILES string of the molecule is OC1CCN(C2=Nn3c(nnc3-c3cc(C(F)(F)F)cc(C(F)(F)F)c3)SC2)CC1. The van der Waals surface area contributed by atoms with Gasteiger partial charge in [0, 0.05) is 18.7 Å². The molecule has 0 atom stereocenters. The molecule has 30 heavy (non-hydrogen) atoms. The lowest BCUT2D eigenvalue weighted by Gasteiger charge is -2.33. The number of likely N-dealkylation sites (tertiary alicyclic amines) is 1. The van der Waals surface area contributed by atoms with E-state index in [2.05, 4.69) is 15.3 Å². The third-order valence-corrected chi connectivity index (χ3v) is 5.75. The first-order valence-corrected chi connectivity index (χ1v) is 9.90. The van der Waals surface area contributed by atoms with Crippen LogP contribution in [0.5, 0.6) is 0 Å². The zero-order chi connectivity index (χ0) is 21.7. The second-order valence-electron chi connectivity index (χ2n) is 6.94. The van der Waals surface area contributed by atoms with Gasteiger partial charge in [0.1, 0.15) is 5.84 Å². The van der Waals surface area contributed by atoms with Crippen molar-refractivity contribution in [2.45, 2.75) is 36.5 Å². The van der Waals surface area contributed by atoms with Crippen molar-refractivity contribution in [2.24, 2.45) is 5.10 Å². The summed E-state index contributed by atoms with van der Waals surface area (Å²) in [6, 6.07) is 1.29. The number of piperidine rings is 1. The number of aliphatic hydroxyl groups excluding tert-OH is 1. The summed E-state index contributed by atoms with van der Waals surface area (Å²) in [7, 11) is 0. The van der Waals surface area contributed by atoms with Crippen LogP contribution in [-0.2, 0) is 12.4 Å². The zero-order valence-corrected chi connectivity index (χ0v) is 16.0. The second kappa shape index (κ2) is 7.45. The summed E-state index contributed by atoms with van der Waals surface area (Å²) in [5.41, 5.74) is -3.24. The van der Waals surface area contributed by atoms with Crippen LogP contribution in [0.15, 0.2) is 28.5 Å². The van der Waals surface area contributed by atoms with Crippen LogP contribution in [-0.4, -0.2) is 55.7 Å². The van der Waals surface area contributed by atoms with Gasteiger partial charge in [-0.05, 0) is 31.0 Å². The molecule has 1 fully saturated rings. The summed E-state index contributed by atoms with van der Waals surface area (Å²) in [5, 5.41) is 22.0. The van der Waals surface area contributed by atoms with Crippen LogP contribution in [0.4, 0.5) is 26.3 Å². The summed E-state index contributed by atoms with van der Waals surface area (Å²) in [6.07, 6.45) is -9.22. The molecule has 2 aliphatic heterocycles. The number of halogens is 6. The Kier molecular flexibility index (Phi) is 5.21. The Morgan fingerprint density at radius 1 is 0.933 bits per heavy atom. The maximum absolute atomic E-state index is 13.2. The van der Waals surface area contributed by atoms with E-state index in [0.717, 1.165) is 0 Å². The minimum atomic E-state index is -4.96. The van der Waals surface area contributed by atoms with E-state index in [9.17, 15) is 31.4 Å². The van der Waals surface area contributed by atoms with Crippen molar-refractivity contribution in [3.05, 3.63) is 29.3 Å². The number of aliphatic hydroxyl groups is 1. The van der Waals surface area contributed by atoms with E-state index in [1.165, 1.54) is 16.4 Å². The number of benzene rings is 1. The molecular formula is C17H15F6N5OS. The molecule has 0 spiro atoms. The minimum Gasteiger partial charge on any atom is -0.393 e.